The molecule has 0 aliphatic rings. The molecule has 1 N–H and O–H groups in total. The summed E-state index contributed by atoms with van der Waals surface area (Å²) < 4.78 is 0. The number of hydrogen-bond donors (Lipinski definition) is 1. The minimum absolute atomic E-state index is 0.357. The van der Waals surface area contributed by atoms with Crippen molar-refractivity contribution in [3.05, 3.63) is 0 Å². The highest BCUT2D eigenvalue weighted by atomic mass is 15.1. The minimum atomic E-state index is 0.357. The van der Waals surface area contributed by atoms with E-state index in [1.807, 2.05) is 0 Å². The zero-order chi connectivity index (χ0) is 15.4. The van der Waals surface area contributed by atoms with Crippen LogP contribution < -0.4 is 5.32 Å². The van der Waals surface area contributed by atoms with Crippen LogP contribution in [0, 0.1) is 5.41 Å². The lowest BCUT2D eigenvalue weighted by Crippen LogP contribution is -2.43. The Bertz CT molecular complexity index is 200. The van der Waals surface area contributed by atoms with Gasteiger partial charge in [0.2, 0.25) is 0 Å². The third-order valence-electron chi connectivity index (χ3n) is 4.08. The van der Waals surface area contributed by atoms with Gasteiger partial charge in [-0.3, -0.25) is 0 Å². The predicted octanol–water partition coefficient (Wildman–Crippen LogP) is 4.69. The van der Waals surface area contributed by atoms with E-state index in [0.717, 1.165) is 6.54 Å². The van der Waals surface area contributed by atoms with Gasteiger partial charge in [-0.05, 0) is 57.3 Å². The molecule has 20 heavy (non-hydrogen) atoms. The molecule has 122 valence electrons. The third-order valence-corrected chi connectivity index (χ3v) is 4.08. The summed E-state index contributed by atoms with van der Waals surface area (Å²) in [6.07, 6.45) is 7.79. The fourth-order valence-electron chi connectivity index (χ4n) is 2.57. The van der Waals surface area contributed by atoms with Gasteiger partial charge >= 0.3 is 0 Å². The highest BCUT2D eigenvalue weighted by molar-refractivity contribution is 4.81. The summed E-state index contributed by atoms with van der Waals surface area (Å²) in [6.45, 7) is 18.9. The largest absolute Gasteiger partial charge is 0.313 e. The van der Waals surface area contributed by atoms with Crippen LogP contribution in [0.2, 0.25) is 0 Å². The van der Waals surface area contributed by atoms with Gasteiger partial charge in [-0.1, -0.05) is 54.4 Å². The molecule has 0 fully saturated rings. The van der Waals surface area contributed by atoms with Gasteiger partial charge in [-0.15, -0.1) is 0 Å². The summed E-state index contributed by atoms with van der Waals surface area (Å²) in [5.74, 6) is 0. The van der Waals surface area contributed by atoms with Crippen LogP contribution in [0.3, 0.4) is 0 Å². The summed E-state index contributed by atoms with van der Waals surface area (Å²) in [5.41, 5.74) is 0.357. The lowest BCUT2D eigenvalue weighted by molar-refractivity contribution is 0.201. The normalized spacial score (nSPS) is 13.9. The maximum atomic E-state index is 3.75. The fraction of sp³-hybridized carbons (Fsp3) is 1.00. The van der Waals surface area contributed by atoms with E-state index >= 15 is 0 Å². The Hall–Kier alpha value is -0.0800. The Balaban J connectivity index is 4.28. The van der Waals surface area contributed by atoms with E-state index < -0.39 is 0 Å². The predicted molar refractivity (Wildman–Crippen MR) is 92.4 cm³/mol. The van der Waals surface area contributed by atoms with Crippen LogP contribution in [0.25, 0.3) is 0 Å². The number of hydrogen-bond acceptors (Lipinski definition) is 2. The van der Waals surface area contributed by atoms with E-state index in [1.54, 1.807) is 0 Å². The van der Waals surface area contributed by atoms with Crippen molar-refractivity contribution in [3.8, 4) is 0 Å². The van der Waals surface area contributed by atoms with Crippen LogP contribution in [-0.4, -0.2) is 37.1 Å². The van der Waals surface area contributed by atoms with Crippen LogP contribution >= 0.6 is 0 Å². The van der Waals surface area contributed by atoms with Crippen molar-refractivity contribution in [2.24, 2.45) is 5.41 Å². The molecule has 2 heteroatoms. The smallest absolute Gasteiger partial charge is 0.0128 e. The van der Waals surface area contributed by atoms with Gasteiger partial charge in [-0.25, -0.2) is 0 Å². The van der Waals surface area contributed by atoms with Gasteiger partial charge in [-0.2, -0.15) is 0 Å². The second-order valence-electron chi connectivity index (χ2n) is 7.21. The van der Waals surface area contributed by atoms with Crippen molar-refractivity contribution in [1.29, 1.82) is 0 Å². The Morgan fingerprint density at radius 3 is 1.80 bits per heavy atom. The maximum absolute atomic E-state index is 3.75. The Morgan fingerprint density at radius 2 is 1.40 bits per heavy atom. The van der Waals surface area contributed by atoms with Crippen LogP contribution in [0.15, 0.2) is 0 Å². The first kappa shape index (κ1) is 19.9. The van der Waals surface area contributed by atoms with E-state index in [4.69, 9.17) is 0 Å². The molecule has 0 aromatic carbocycles. The Kier molecular flexibility index (Phi) is 11.5. The molecule has 0 rings (SSSR count). The highest BCUT2D eigenvalue weighted by Gasteiger charge is 2.24. The quantitative estimate of drug-likeness (QED) is 0.559. The molecular weight excluding hydrogens is 244 g/mol. The zero-order valence-electron chi connectivity index (χ0n) is 15.1. The van der Waals surface area contributed by atoms with Crippen LogP contribution in [0.5, 0.6) is 0 Å². The van der Waals surface area contributed by atoms with Crippen LogP contribution in [0.4, 0.5) is 0 Å². The van der Waals surface area contributed by atoms with Gasteiger partial charge in [0.15, 0.2) is 0 Å². The van der Waals surface area contributed by atoms with E-state index in [1.165, 1.54) is 58.2 Å². The molecule has 0 bridgehead atoms. The van der Waals surface area contributed by atoms with Gasteiger partial charge in [0.05, 0.1) is 0 Å². The van der Waals surface area contributed by atoms with Gasteiger partial charge in [0.25, 0.3) is 0 Å². The van der Waals surface area contributed by atoms with Gasteiger partial charge < -0.3 is 10.2 Å². The lowest BCUT2D eigenvalue weighted by Gasteiger charge is -2.34. The van der Waals surface area contributed by atoms with E-state index in [-0.39, 0.29) is 0 Å². The summed E-state index contributed by atoms with van der Waals surface area (Å²) in [7, 11) is 0. The minimum Gasteiger partial charge on any atom is -0.313 e. The zero-order valence-corrected chi connectivity index (χ0v) is 15.1. The molecule has 2 nitrogen and oxygen atoms in total. The van der Waals surface area contributed by atoms with Crippen molar-refractivity contribution >= 4 is 0 Å². The SMILES string of the molecule is CCCCN(CCCC)CCC(NCCC)C(C)(C)C. The maximum Gasteiger partial charge on any atom is 0.0128 e. The average molecular weight is 285 g/mol. The van der Waals surface area contributed by atoms with Crippen molar-refractivity contribution in [1.82, 2.24) is 10.2 Å². The van der Waals surface area contributed by atoms with Crippen molar-refractivity contribution in [2.45, 2.75) is 86.1 Å². The Morgan fingerprint density at radius 1 is 0.850 bits per heavy atom. The van der Waals surface area contributed by atoms with Gasteiger partial charge in [0, 0.05) is 6.04 Å². The first-order chi connectivity index (χ1) is 9.45. The second-order valence-corrected chi connectivity index (χ2v) is 7.21. The molecule has 1 atom stereocenters. The monoisotopic (exact) mass is 284 g/mol. The van der Waals surface area contributed by atoms with Crippen molar-refractivity contribution in [2.75, 3.05) is 26.2 Å². The molecule has 0 radical (unpaired) electrons. The topological polar surface area (TPSA) is 15.3 Å². The van der Waals surface area contributed by atoms with E-state index in [9.17, 15) is 0 Å². The first-order valence-electron chi connectivity index (χ1n) is 8.91. The second kappa shape index (κ2) is 11.6. The molecule has 0 saturated carbocycles. The van der Waals surface area contributed by atoms with Crippen molar-refractivity contribution < 1.29 is 0 Å². The summed E-state index contributed by atoms with van der Waals surface area (Å²) in [5, 5.41) is 3.75. The fourth-order valence-corrected chi connectivity index (χ4v) is 2.57. The summed E-state index contributed by atoms with van der Waals surface area (Å²) in [6, 6.07) is 0.633. The molecule has 0 amide bonds. The number of rotatable bonds is 12. The summed E-state index contributed by atoms with van der Waals surface area (Å²) >= 11 is 0. The van der Waals surface area contributed by atoms with Gasteiger partial charge in [0.1, 0.15) is 0 Å². The molecule has 1 unspecified atom stereocenters. The average Bonchev–Trinajstić information content (AvgIpc) is 2.39. The number of nitrogens with one attached hydrogen (secondary N) is 1. The molecule has 0 saturated heterocycles. The lowest BCUT2D eigenvalue weighted by atomic mass is 9.84. The molecule has 0 heterocycles. The number of unbranched alkanes of at least 4 members (excludes halogenated alkanes) is 2. The van der Waals surface area contributed by atoms with E-state index in [0.29, 0.717) is 11.5 Å². The Labute approximate surface area is 128 Å². The number of nitrogens with zero attached hydrogens (tertiary/aromatic N) is 1. The standard InChI is InChI=1S/C18H40N2/c1-7-10-14-20(15-11-8-2)16-12-17(18(4,5)6)19-13-9-3/h17,19H,7-16H2,1-6H3. The summed E-state index contributed by atoms with van der Waals surface area (Å²) in [4.78, 5) is 2.68. The molecule has 0 spiro atoms. The highest BCUT2D eigenvalue weighted by Crippen LogP contribution is 2.22. The molecule has 0 aliphatic carbocycles. The van der Waals surface area contributed by atoms with Crippen molar-refractivity contribution in [3.63, 3.8) is 0 Å². The third kappa shape index (κ3) is 9.77. The van der Waals surface area contributed by atoms with E-state index in [2.05, 4.69) is 51.8 Å². The first-order valence-corrected chi connectivity index (χ1v) is 8.91. The molecule has 0 aromatic heterocycles. The van der Waals surface area contributed by atoms with Crippen LogP contribution in [0.1, 0.15) is 80.1 Å². The molecule has 0 aromatic rings. The molecular formula is C18H40N2. The molecule has 0 aliphatic heterocycles. The van der Waals surface area contributed by atoms with Crippen LogP contribution in [-0.2, 0) is 0 Å².